The highest BCUT2D eigenvalue weighted by Crippen LogP contribution is 2.21. The molecule has 0 bridgehead atoms. The molecule has 2 aromatic rings. The van der Waals surface area contributed by atoms with Crippen LogP contribution in [0.15, 0.2) is 21.3 Å². The van der Waals surface area contributed by atoms with Gasteiger partial charge in [-0.1, -0.05) is 0 Å². The van der Waals surface area contributed by atoms with Gasteiger partial charge in [0.1, 0.15) is 0 Å². The van der Waals surface area contributed by atoms with E-state index in [0.29, 0.717) is 0 Å². The molecule has 86 valence electrons. The van der Waals surface area contributed by atoms with Gasteiger partial charge in [0.25, 0.3) is 0 Å². The second kappa shape index (κ2) is 5.40. The lowest BCUT2D eigenvalue weighted by molar-refractivity contribution is 0.318. The number of thiazole rings is 1. The van der Waals surface area contributed by atoms with Crippen LogP contribution in [0.1, 0.15) is 15.6 Å². The second-order valence-corrected chi connectivity index (χ2v) is 6.74. The monoisotopic (exact) mass is 316 g/mol. The third-order valence-electron chi connectivity index (χ3n) is 2.15. The van der Waals surface area contributed by atoms with Crippen LogP contribution in [-0.4, -0.2) is 16.9 Å². The van der Waals surface area contributed by atoms with Gasteiger partial charge in [-0.2, -0.15) is 0 Å². The van der Waals surface area contributed by atoms with E-state index >= 15 is 0 Å². The Hall–Kier alpha value is -0.230. The summed E-state index contributed by atoms with van der Waals surface area (Å²) >= 11 is 6.97. The molecule has 0 aromatic carbocycles. The normalized spacial score (nSPS) is 11.2. The Bertz CT molecular complexity index is 422. The fourth-order valence-electron chi connectivity index (χ4n) is 1.52. The van der Waals surface area contributed by atoms with Gasteiger partial charge in [-0.05, 0) is 36.0 Å². The number of hydrogen-bond acceptors (Lipinski definition) is 4. The van der Waals surface area contributed by atoms with Gasteiger partial charge in [0, 0.05) is 33.2 Å². The van der Waals surface area contributed by atoms with Crippen molar-refractivity contribution in [1.29, 1.82) is 0 Å². The minimum absolute atomic E-state index is 0.917. The lowest BCUT2D eigenvalue weighted by Crippen LogP contribution is -2.16. The Morgan fingerprint density at radius 2 is 2.12 bits per heavy atom. The Balaban J connectivity index is 1.91. The zero-order chi connectivity index (χ0) is 11.5. The Morgan fingerprint density at radius 3 is 2.69 bits per heavy atom. The highest BCUT2D eigenvalue weighted by Gasteiger charge is 2.05. The van der Waals surface area contributed by atoms with Crippen LogP contribution in [0.25, 0.3) is 0 Å². The molecule has 0 radical (unpaired) electrons. The first-order chi connectivity index (χ1) is 7.63. The van der Waals surface area contributed by atoms with Crippen LogP contribution in [0, 0.1) is 6.92 Å². The number of nitrogens with zero attached hydrogens (tertiary/aromatic N) is 2. The number of aromatic nitrogens is 1. The SMILES string of the molecule is Cc1nc(CN(C)Cc2cc(Br)cs2)cs1. The van der Waals surface area contributed by atoms with Crippen molar-refractivity contribution in [3.05, 3.63) is 36.9 Å². The molecule has 0 atom stereocenters. The van der Waals surface area contributed by atoms with Crippen molar-refractivity contribution in [2.24, 2.45) is 0 Å². The van der Waals surface area contributed by atoms with Gasteiger partial charge in [-0.25, -0.2) is 4.98 Å². The zero-order valence-electron chi connectivity index (χ0n) is 9.24. The first-order valence-electron chi connectivity index (χ1n) is 4.96. The standard InChI is InChI=1S/C11H13BrN2S2/c1-8-13-10(7-15-8)4-14(2)5-11-3-9(12)6-16-11/h3,6-7H,4-5H2,1-2H3. The molecular formula is C11H13BrN2S2. The van der Waals surface area contributed by atoms with Gasteiger partial charge >= 0.3 is 0 Å². The second-order valence-electron chi connectivity index (χ2n) is 3.76. The van der Waals surface area contributed by atoms with Crippen LogP contribution in [0.2, 0.25) is 0 Å². The van der Waals surface area contributed by atoms with E-state index < -0.39 is 0 Å². The summed E-state index contributed by atoms with van der Waals surface area (Å²) in [5, 5.41) is 5.40. The van der Waals surface area contributed by atoms with E-state index in [0.717, 1.165) is 18.1 Å². The van der Waals surface area contributed by atoms with Crippen molar-refractivity contribution >= 4 is 38.6 Å². The van der Waals surface area contributed by atoms with E-state index in [4.69, 9.17) is 0 Å². The molecule has 0 aliphatic heterocycles. The Kier molecular flexibility index (Phi) is 4.13. The largest absolute Gasteiger partial charge is 0.295 e. The molecule has 2 nitrogen and oxygen atoms in total. The molecule has 0 aliphatic carbocycles. The minimum Gasteiger partial charge on any atom is -0.295 e. The zero-order valence-corrected chi connectivity index (χ0v) is 12.5. The molecule has 2 rings (SSSR count). The fraction of sp³-hybridized carbons (Fsp3) is 0.364. The van der Waals surface area contributed by atoms with Crippen molar-refractivity contribution in [2.45, 2.75) is 20.0 Å². The Labute approximate surface area is 112 Å². The van der Waals surface area contributed by atoms with E-state index in [1.54, 1.807) is 22.7 Å². The summed E-state index contributed by atoms with van der Waals surface area (Å²) in [7, 11) is 2.13. The summed E-state index contributed by atoms with van der Waals surface area (Å²) in [5.41, 5.74) is 1.17. The summed E-state index contributed by atoms with van der Waals surface area (Å²) in [5.74, 6) is 0. The van der Waals surface area contributed by atoms with Gasteiger partial charge in [0.05, 0.1) is 10.7 Å². The molecule has 0 spiro atoms. The molecule has 0 amide bonds. The molecule has 5 heteroatoms. The average molecular weight is 317 g/mol. The number of rotatable bonds is 4. The maximum absolute atomic E-state index is 4.47. The predicted octanol–water partition coefficient (Wildman–Crippen LogP) is 3.91. The maximum atomic E-state index is 4.47. The van der Waals surface area contributed by atoms with Crippen LogP contribution in [0.4, 0.5) is 0 Å². The summed E-state index contributed by atoms with van der Waals surface area (Å²) in [6.07, 6.45) is 0. The van der Waals surface area contributed by atoms with E-state index in [1.807, 2.05) is 6.92 Å². The van der Waals surface area contributed by atoms with Gasteiger partial charge in [-0.3, -0.25) is 4.90 Å². The number of thiophene rings is 1. The Morgan fingerprint density at radius 1 is 1.31 bits per heavy atom. The van der Waals surface area contributed by atoms with Crippen LogP contribution < -0.4 is 0 Å². The van der Waals surface area contributed by atoms with Crippen LogP contribution in [0.3, 0.4) is 0 Å². The fourth-order valence-corrected chi connectivity index (χ4v) is 3.65. The molecule has 2 aromatic heterocycles. The van der Waals surface area contributed by atoms with Crippen molar-refractivity contribution in [3.8, 4) is 0 Å². The van der Waals surface area contributed by atoms with Gasteiger partial charge in [0.2, 0.25) is 0 Å². The molecule has 0 unspecified atom stereocenters. The van der Waals surface area contributed by atoms with E-state index in [9.17, 15) is 0 Å². The van der Waals surface area contributed by atoms with E-state index in [-0.39, 0.29) is 0 Å². The van der Waals surface area contributed by atoms with Crippen molar-refractivity contribution < 1.29 is 0 Å². The number of halogens is 1. The predicted molar refractivity (Wildman–Crippen MR) is 74.0 cm³/mol. The topological polar surface area (TPSA) is 16.1 Å². The van der Waals surface area contributed by atoms with Gasteiger partial charge < -0.3 is 0 Å². The lowest BCUT2D eigenvalue weighted by atomic mass is 10.4. The molecule has 0 aliphatic rings. The first kappa shape index (κ1) is 12.2. The number of aryl methyl sites for hydroxylation is 1. The van der Waals surface area contributed by atoms with Crippen LogP contribution in [-0.2, 0) is 13.1 Å². The summed E-state index contributed by atoms with van der Waals surface area (Å²) in [6.45, 7) is 3.94. The molecule has 0 saturated heterocycles. The molecule has 16 heavy (non-hydrogen) atoms. The summed E-state index contributed by atoms with van der Waals surface area (Å²) in [6, 6.07) is 2.17. The third kappa shape index (κ3) is 3.38. The molecule has 0 fully saturated rings. The molecular weight excluding hydrogens is 304 g/mol. The summed E-state index contributed by atoms with van der Waals surface area (Å²) < 4.78 is 1.17. The van der Waals surface area contributed by atoms with Gasteiger partial charge in [0.15, 0.2) is 0 Å². The van der Waals surface area contributed by atoms with Crippen LogP contribution >= 0.6 is 38.6 Å². The molecule has 2 heterocycles. The smallest absolute Gasteiger partial charge is 0.0897 e. The molecule has 0 saturated carbocycles. The first-order valence-corrected chi connectivity index (χ1v) is 7.51. The van der Waals surface area contributed by atoms with E-state index in [1.165, 1.54) is 15.0 Å². The van der Waals surface area contributed by atoms with Crippen molar-refractivity contribution in [1.82, 2.24) is 9.88 Å². The number of hydrogen-bond donors (Lipinski definition) is 0. The van der Waals surface area contributed by atoms with Crippen molar-refractivity contribution in [2.75, 3.05) is 7.05 Å². The van der Waals surface area contributed by atoms with Crippen LogP contribution in [0.5, 0.6) is 0 Å². The van der Waals surface area contributed by atoms with E-state index in [2.05, 4.69) is 49.7 Å². The third-order valence-corrected chi connectivity index (χ3v) is 4.65. The van der Waals surface area contributed by atoms with Gasteiger partial charge in [-0.15, -0.1) is 22.7 Å². The summed E-state index contributed by atoms with van der Waals surface area (Å²) in [4.78, 5) is 8.13. The highest BCUT2D eigenvalue weighted by molar-refractivity contribution is 9.10. The molecule has 0 N–H and O–H groups in total. The van der Waals surface area contributed by atoms with Crippen molar-refractivity contribution in [3.63, 3.8) is 0 Å². The quantitative estimate of drug-likeness (QED) is 0.850. The maximum Gasteiger partial charge on any atom is 0.0897 e. The minimum atomic E-state index is 0.917. The highest BCUT2D eigenvalue weighted by atomic mass is 79.9. The average Bonchev–Trinajstić information content (AvgIpc) is 2.76. The lowest BCUT2D eigenvalue weighted by Gasteiger charge is -2.13.